The Balaban J connectivity index is 2.99. The van der Waals surface area contributed by atoms with Crippen LogP contribution in [0.15, 0.2) is 0 Å². The van der Waals surface area contributed by atoms with E-state index in [2.05, 4.69) is 11.4 Å². The maximum atomic E-state index is 10.1. The molecular formula is C3H8O2P. The Hall–Kier alpha value is 0.190. The second-order valence-electron chi connectivity index (χ2n) is 0.826. The van der Waals surface area contributed by atoms with Crippen molar-refractivity contribution in [1.82, 2.24) is 0 Å². The van der Waals surface area contributed by atoms with Crippen molar-refractivity contribution in [3.63, 3.8) is 0 Å². The summed E-state index contributed by atoms with van der Waals surface area (Å²) in [6, 6.07) is 0. The van der Waals surface area contributed by atoms with Gasteiger partial charge in [-0.05, 0) is 6.92 Å². The fraction of sp³-hybridized carbons (Fsp3) is 0.667. The Morgan fingerprint density at radius 1 is 2.00 bits per heavy atom. The first-order chi connectivity index (χ1) is 2.81. The maximum absolute atomic E-state index is 10.1. The minimum atomic E-state index is -1.73. The molecule has 1 atom stereocenters. The van der Waals surface area contributed by atoms with Crippen LogP contribution in [0.5, 0.6) is 0 Å². The highest BCUT2D eigenvalue weighted by atomic mass is 31.1. The summed E-state index contributed by atoms with van der Waals surface area (Å²) < 4.78 is 14.5. The summed E-state index contributed by atoms with van der Waals surface area (Å²) in [6.45, 7) is 3.36. The minimum absolute atomic E-state index is 0.404. The van der Waals surface area contributed by atoms with E-state index in [1.807, 2.05) is 0 Å². The van der Waals surface area contributed by atoms with Gasteiger partial charge in [0, 0.05) is 13.3 Å². The molecule has 1 unspecified atom stereocenters. The van der Waals surface area contributed by atoms with Gasteiger partial charge in [0.1, 0.15) is 0 Å². The summed E-state index contributed by atoms with van der Waals surface area (Å²) in [7, 11) is -0.306. The van der Waals surface area contributed by atoms with Gasteiger partial charge in [-0.1, -0.05) is 0 Å². The predicted molar refractivity (Wildman–Crippen MR) is 26.2 cm³/mol. The zero-order valence-electron chi connectivity index (χ0n) is 3.73. The van der Waals surface area contributed by atoms with Crippen molar-refractivity contribution in [1.29, 1.82) is 0 Å². The molecule has 0 aliphatic carbocycles. The topological polar surface area (TPSA) is 26.3 Å². The summed E-state index contributed by atoms with van der Waals surface area (Å²) in [4.78, 5) is 0. The van der Waals surface area contributed by atoms with E-state index >= 15 is 0 Å². The molecule has 0 amide bonds. The summed E-state index contributed by atoms with van der Waals surface area (Å²) in [5, 5.41) is 0. The smallest absolute Gasteiger partial charge is 0.191 e. The fourth-order valence-electron chi connectivity index (χ4n) is 0.102. The van der Waals surface area contributed by atoms with Crippen molar-refractivity contribution in [2.45, 2.75) is 0 Å². The monoisotopic (exact) mass is 107 g/mol. The number of hydrogen-bond acceptors (Lipinski definition) is 2. The highest BCUT2D eigenvalue weighted by molar-refractivity contribution is 7.39. The molecule has 0 bridgehead atoms. The van der Waals surface area contributed by atoms with Crippen LogP contribution >= 0.6 is 8.03 Å². The van der Waals surface area contributed by atoms with Crippen LogP contribution in [0, 0.1) is 6.92 Å². The quantitative estimate of drug-likeness (QED) is 0.491. The molecule has 2 nitrogen and oxygen atoms in total. The molecule has 0 heterocycles. The van der Waals surface area contributed by atoms with E-state index in [1.54, 1.807) is 0 Å². The molecule has 0 aromatic rings. The van der Waals surface area contributed by atoms with Crippen LogP contribution in [0.3, 0.4) is 0 Å². The van der Waals surface area contributed by atoms with Crippen LogP contribution in [-0.2, 0) is 9.09 Å². The third-order valence-electron chi connectivity index (χ3n) is 0.432. The molecule has 0 N–H and O–H groups in total. The van der Waals surface area contributed by atoms with Crippen LogP contribution in [-0.4, -0.2) is 13.3 Å². The van der Waals surface area contributed by atoms with Crippen molar-refractivity contribution in [3.8, 4) is 0 Å². The Bertz CT molecular complexity index is 46.8. The lowest BCUT2D eigenvalue weighted by Gasteiger charge is -1.87. The van der Waals surface area contributed by atoms with Crippen LogP contribution in [0.2, 0.25) is 0 Å². The Morgan fingerprint density at radius 2 is 2.50 bits per heavy atom. The van der Waals surface area contributed by atoms with Gasteiger partial charge in [-0.3, -0.25) is 4.57 Å². The lowest BCUT2D eigenvalue weighted by atomic mass is 11.0. The lowest BCUT2D eigenvalue weighted by molar-refractivity contribution is 0.417. The maximum Gasteiger partial charge on any atom is 0.191 e. The molecule has 1 radical (unpaired) electrons. The summed E-state index contributed by atoms with van der Waals surface area (Å²) in [5.41, 5.74) is 0. The van der Waals surface area contributed by atoms with Gasteiger partial charge in [0.2, 0.25) is 0 Å². The molecule has 0 saturated carbocycles. The molecule has 0 aromatic carbocycles. The van der Waals surface area contributed by atoms with Gasteiger partial charge in [-0.2, -0.15) is 0 Å². The van der Waals surface area contributed by atoms with Crippen molar-refractivity contribution in [2.24, 2.45) is 0 Å². The van der Waals surface area contributed by atoms with E-state index in [4.69, 9.17) is 0 Å². The summed E-state index contributed by atoms with van der Waals surface area (Å²) in [5.74, 6) is 0. The molecule has 6 heavy (non-hydrogen) atoms. The van der Waals surface area contributed by atoms with Gasteiger partial charge in [-0.25, -0.2) is 0 Å². The first kappa shape index (κ1) is 6.19. The average molecular weight is 107 g/mol. The van der Waals surface area contributed by atoms with E-state index in [0.29, 0.717) is 6.16 Å². The molecule has 0 spiro atoms. The van der Waals surface area contributed by atoms with E-state index in [0.717, 1.165) is 0 Å². The molecule has 0 aliphatic rings. The highest BCUT2D eigenvalue weighted by Gasteiger charge is 1.83. The second kappa shape index (κ2) is 3.38. The largest absolute Gasteiger partial charge is 0.334 e. The Labute approximate surface area is 38.4 Å². The van der Waals surface area contributed by atoms with Crippen LogP contribution in [0.4, 0.5) is 0 Å². The predicted octanol–water partition coefficient (Wildman–Crippen LogP) is 0.942. The average Bonchev–Trinajstić information content (AvgIpc) is 1.65. The summed E-state index contributed by atoms with van der Waals surface area (Å²) >= 11 is 0. The van der Waals surface area contributed by atoms with E-state index < -0.39 is 8.03 Å². The van der Waals surface area contributed by atoms with Crippen molar-refractivity contribution < 1.29 is 9.09 Å². The van der Waals surface area contributed by atoms with E-state index in [9.17, 15) is 4.57 Å². The Kier molecular flexibility index (Phi) is 3.49. The molecule has 0 fully saturated rings. The van der Waals surface area contributed by atoms with Crippen LogP contribution in [0.25, 0.3) is 0 Å². The number of hydrogen-bond donors (Lipinski definition) is 0. The number of rotatable bonds is 2. The fourth-order valence-corrected chi connectivity index (χ4v) is 0.306. The first-order valence-electron chi connectivity index (χ1n) is 1.67. The van der Waals surface area contributed by atoms with Crippen molar-refractivity contribution in [2.75, 3.05) is 13.3 Å². The van der Waals surface area contributed by atoms with E-state index in [-0.39, 0.29) is 0 Å². The SMILES string of the molecule is [CH2]C[PH](=O)OC. The van der Waals surface area contributed by atoms with E-state index in [1.165, 1.54) is 7.11 Å². The van der Waals surface area contributed by atoms with Gasteiger partial charge in [-0.15, -0.1) is 0 Å². The minimum Gasteiger partial charge on any atom is -0.334 e. The molecule has 0 aliphatic heterocycles. The van der Waals surface area contributed by atoms with Gasteiger partial charge in [0.05, 0.1) is 0 Å². The zero-order valence-corrected chi connectivity index (χ0v) is 4.73. The van der Waals surface area contributed by atoms with Gasteiger partial charge >= 0.3 is 0 Å². The normalized spacial score (nSPS) is 14.3. The molecule has 0 rings (SSSR count). The third-order valence-corrected chi connectivity index (χ3v) is 1.30. The molecule has 3 heteroatoms. The Morgan fingerprint density at radius 3 is 2.50 bits per heavy atom. The van der Waals surface area contributed by atoms with Crippen LogP contribution in [0.1, 0.15) is 0 Å². The molecular weight excluding hydrogens is 99.0 g/mol. The summed E-state index contributed by atoms with van der Waals surface area (Å²) in [6.07, 6.45) is 0.404. The lowest BCUT2D eigenvalue weighted by Crippen LogP contribution is -1.67. The van der Waals surface area contributed by atoms with Crippen LogP contribution < -0.4 is 0 Å². The standard InChI is InChI=1S/C3H8O2P/c1-3-6(4)5-2/h6H,1,3H2,2H3. The van der Waals surface area contributed by atoms with Crippen molar-refractivity contribution in [3.05, 3.63) is 6.92 Å². The van der Waals surface area contributed by atoms with Gasteiger partial charge < -0.3 is 4.52 Å². The molecule has 37 valence electrons. The molecule has 0 saturated heterocycles. The van der Waals surface area contributed by atoms with Crippen molar-refractivity contribution >= 4 is 8.03 Å². The van der Waals surface area contributed by atoms with Gasteiger partial charge in [0.15, 0.2) is 8.03 Å². The zero-order chi connectivity index (χ0) is 4.99. The highest BCUT2D eigenvalue weighted by Crippen LogP contribution is 2.16. The third kappa shape index (κ3) is 2.43. The molecule has 0 aromatic heterocycles. The first-order valence-corrected chi connectivity index (χ1v) is 3.19. The second-order valence-corrected chi connectivity index (χ2v) is 2.48. The van der Waals surface area contributed by atoms with Gasteiger partial charge in [0.25, 0.3) is 0 Å².